The van der Waals surface area contributed by atoms with Crippen LogP contribution in [-0.2, 0) is 4.79 Å². The minimum Gasteiger partial charge on any atom is -0.331 e. The Bertz CT molecular complexity index is 131. The van der Waals surface area contributed by atoms with E-state index in [2.05, 4.69) is 10.6 Å². The van der Waals surface area contributed by atoms with E-state index >= 15 is 0 Å². The quantitative estimate of drug-likeness (QED) is 0.495. The standard InChI is InChI=1S/C6H10N2O/c9-5-8-6-2-1-3-7-4-6/h2,5,7H,1,3-4H2,(H,8,9). The highest BCUT2D eigenvalue weighted by Crippen LogP contribution is 1.94. The Morgan fingerprint density at radius 1 is 1.78 bits per heavy atom. The number of hydrogen-bond acceptors (Lipinski definition) is 2. The predicted molar refractivity (Wildman–Crippen MR) is 34.8 cm³/mol. The van der Waals surface area contributed by atoms with Crippen LogP contribution in [-0.4, -0.2) is 19.5 Å². The zero-order valence-corrected chi connectivity index (χ0v) is 5.18. The molecule has 0 atom stereocenters. The van der Waals surface area contributed by atoms with E-state index in [9.17, 15) is 4.79 Å². The SMILES string of the molecule is O=CNC1=CCCNC1. The molecule has 0 fully saturated rings. The summed E-state index contributed by atoms with van der Waals surface area (Å²) in [4.78, 5) is 9.89. The van der Waals surface area contributed by atoms with Crippen molar-refractivity contribution in [2.45, 2.75) is 6.42 Å². The van der Waals surface area contributed by atoms with E-state index in [1.807, 2.05) is 6.08 Å². The van der Waals surface area contributed by atoms with Gasteiger partial charge in [-0.1, -0.05) is 6.08 Å². The van der Waals surface area contributed by atoms with E-state index in [1.54, 1.807) is 0 Å². The van der Waals surface area contributed by atoms with Crippen molar-refractivity contribution >= 4 is 6.41 Å². The fraction of sp³-hybridized carbons (Fsp3) is 0.500. The molecule has 0 aromatic rings. The molecule has 50 valence electrons. The molecule has 0 radical (unpaired) electrons. The maximum absolute atomic E-state index is 9.89. The van der Waals surface area contributed by atoms with Gasteiger partial charge in [-0.15, -0.1) is 0 Å². The summed E-state index contributed by atoms with van der Waals surface area (Å²) in [7, 11) is 0. The van der Waals surface area contributed by atoms with Gasteiger partial charge in [0.25, 0.3) is 0 Å². The molecular weight excluding hydrogens is 116 g/mol. The van der Waals surface area contributed by atoms with E-state index in [0.29, 0.717) is 6.41 Å². The average Bonchev–Trinajstić information content (AvgIpc) is 1.91. The van der Waals surface area contributed by atoms with Crippen molar-refractivity contribution in [2.24, 2.45) is 0 Å². The van der Waals surface area contributed by atoms with Gasteiger partial charge in [0.2, 0.25) is 6.41 Å². The van der Waals surface area contributed by atoms with Gasteiger partial charge in [0.05, 0.1) is 0 Å². The molecule has 1 amide bonds. The summed E-state index contributed by atoms with van der Waals surface area (Å²) in [5.41, 5.74) is 0.983. The second-order valence-corrected chi connectivity index (χ2v) is 1.96. The minimum atomic E-state index is 0.707. The molecule has 2 N–H and O–H groups in total. The Hall–Kier alpha value is -0.830. The van der Waals surface area contributed by atoms with E-state index < -0.39 is 0 Å². The van der Waals surface area contributed by atoms with Crippen LogP contribution in [0.15, 0.2) is 11.8 Å². The van der Waals surface area contributed by atoms with Crippen LogP contribution in [0.1, 0.15) is 6.42 Å². The lowest BCUT2D eigenvalue weighted by atomic mass is 10.2. The second kappa shape index (κ2) is 3.25. The number of carbonyl (C=O) groups is 1. The number of carbonyl (C=O) groups excluding carboxylic acids is 1. The maximum atomic E-state index is 9.89. The van der Waals surface area contributed by atoms with Gasteiger partial charge < -0.3 is 10.6 Å². The smallest absolute Gasteiger partial charge is 0.211 e. The van der Waals surface area contributed by atoms with Gasteiger partial charge in [0.15, 0.2) is 0 Å². The summed E-state index contributed by atoms with van der Waals surface area (Å²) in [6.45, 7) is 1.81. The summed E-state index contributed by atoms with van der Waals surface area (Å²) in [5.74, 6) is 0. The molecule has 0 spiro atoms. The van der Waals surface area contributed by atoms with Crippen molar-refractivity contribution in [3.8, 4) is 0 Å². The van der Waals surface area contributed by atoms with Gasteiger partial charge in [-0.3, -0.25) is 4.79 Å². The summed E-state index contributed by atoms with van der Waals surface area (Å²) in [5, 5.41) is 5.73. The van der Waals surface area contributed by atoms with Crippen LogP contribution in [0.3, 0.4) is 0 Å². The summed E-state index contributed by atoms with van der Waals surface area (Å²) in [6, 6.07) is 0. The summed E-state index contributed by atoms with van der Waals surface area (Å²) in [6.07, 6.45) is 3.75. The van der Waals surface area contributed by atoms with Crippen LogP contribution < -0.4 is 10.6 Å². The monoisotopic (exact) mass is 126 g/mol. The summed E-state index contributed by atoms with van der Waals surface area (Å²) < 4.78 is 0. The van der Waals surface area contributed by atoms with Crippen LogP contribution in [0.5, 0.6) is 0 Å². The average molecular weight is 126 g/mol. The molecule has 0 bridgehead atoms. The summed E-state index contributed by atoms with van der Waals surface area (Å²) >= 11 is 0. The molecule has 0 aromatic carbocycles. The van der Waals surface area contributed by atoms with Crippen molar-refractivity contribution < 1.29 is 4.79 Å². The lowest BCUT2D eigenvalue weighted by Crippen LogP contribution is -2.28. The Kier molecular flexibility index (Phi) is 2.27. The molecule has 1 rings (SSSR count). The van der Waals surface area contributed by atoms with Gasteiger partial charge >= 0.3 is 0 Å². The van der Waals surface area contributed by atoms with E-state index in [0.717, 1.165) is 25.2 Å². The Morgan fingerprint density at radius 2 is 2.67 bits per heavy atom. The van der Waals surface area contributed by atoms with Crippen LogP contribution in [0.4, 0.5) is 0 Å². The number of amides is 1. The first kappa shape index (κ1) is 6.29. The van der Waals surface area contributed by atoms with Crippen molar-refractivity contribution in [1.82, 2.24) is 10.6 Å². The molecule has 1 aliphatic heterocycles. The molecule has 0 aromatic heterocycles. The third-order valence-corrected chi connectivity index (χ3v) is 1.27. The van der Waals surface area contributed by atoms with E-state index in [1.165, 1.54) is 0 Å². The van der Waals surface area contributed by atoms with Crippen molar-refractivity contribution in [3.63, 3.8) is 0 Å². The first-order valence-corrected chi connectivity index (χ1v) is 3.03. The zero-order chi connectivity index (χ0) is 6.53. The Balaban J connectivity index is 2.36. The molecule has 3 heteroatoms. The lowest BCUT2D eigenvalue weighted by Gasteiger charge is -2.11. The molecule has 0 aliphatic carbocycles. The normalized spacial score (nSPS) is 18.4. The Morgan fingerprint density at radius 3 is 3.22 bits per heavy atom. The lowest BCUT2D eigenvalue weighted by molar-refractivity contribution is -0.108. The van der Waals surface area contributed by atoms with Crippen molar-refractivity contribution in [2.75, 3.05) is 13.1 Å². The number of rotatable bonds is 2. The fourth-order valence-electron chi connectivity index (χ4n) is 0.829. The van der Waals surface area contributed by atoms with Crippen molar-refractivity contribution in [3.05, 3.63) is 11.8 Å². The van der Waals surface area contributed by atoms with Crippen LogP contribution in [0, 0.1) is 0 Å². The number of nitrogens with one attached hydrogen (secondary N) is 2. The molecule has 9 heavy (non-hydrogen) atoms. The highest BCUT2D eigenvalue weighted by atomic mass is 16.1. The van der Waals surface area contributed by atoms with Crippen LogP contribution in [0.2, 0.25) is 0 Å². The van der Waals surface area contributed by atoms with Crippen LogP contribution in [0.25, 0.3) is 0 Å². The van der Waals surface area contributed by atoms with E-state index in [4.69, 9.17) is 0 Å². The van der Waals surface area contributed by atoms with Gasteiger partial charge in [-0.2, -0.15) is 0 Å². The molecule has 1 aliphatic rings. The zero-order valence-electron chi connectivity index (χ0n) is 5.18. The van der Waals surface area contributed by atoms with Gasteiger partial charge in [0, 0.05) is 12.2 Å². The largest absolute Gasteiger partial charge is 0.331 e. The van der Waals surface area contributed by atoms with Gasteiger partial charge in [-0.05, 0) is 13.0 Å². The van der Waals surface area contributed by atoms with E-state index in [-0.39, 0.29) is 0 Å². The minimum absolute atomic E-state index is 0.707. The third kappa shape index (κ3) is 1.85. The molecular formula is C6H10N2O. The molecule has 3 nitrogen and oxygen atoms in total. The molecule has 1 heterocycles. The maximum Gasteiger partial charge on any atom is 0.211 e. The van der Waals surface area contributed by atoms with Crippen LogP contribution >= 0.6 is 0 Å². The van der Waals surface area contributed by atoms with Gasteiger partial charge in [0.1, 0.15) is 0 Å². The highest BCUT2D eigenvalue weighted by Gasteiger charge is 1.98. The topological polar surface area (TPSA) is 41.1 Å². The molecule has 0 saturated heterocycles. The molecule has 0 unspecified atom stereocenters. The number of hydrogen-bond donors (Lipinski definition) is 2. The predicted octanol–water partition coefficient (Wildman–Crippen LogP) is -0.390. The fourth-order valence-corrected chi connectivity index (χ4v) is 0.829. The first-order chi connectivity index (χ1) is 4.43. The molecule has 0 saturated carbocycles. The highest BCUT2D eigenvalue weighted by molar-refractivity contribution is 5.50. The Labute approximate surface area is 54.1 Å². The second-order valence-electron chi connectivity index (χ2n) is 1.96. The van der Waals surface area contributed by atoms with Gasteiger partial charge in [-0.25, -0.2) is 0 Å². The third-order valence-electron chi connectivity index (χ3n) is 1.27. The first-order valence-electron chi connectivity index (χ1n) is 3.03. The van der Waals surface area contributed by atoms with Crippen molar-refractivity contribution in [1.29, 1.82) is 0 Å².